The molecule has 1 heterocycles. The number of thiocarbonyl (C=S) groups is 1. The molecule has 0 aromatic heterocycles. The van der Waals surface area contributed by atoms with E-state index >= 15 is 0 Å². The quantitative estimate of drug-likeness (QED) is 0.135. The molecule has 9 heteroatoms. The topological polar surface area (TPSA) is 73.9 Å². The maximum atomic E-state index is 13.8. The lowest BCUT2D eigenvalue weighted by molar-refractivity contribution is 0.0598. The fourth-order valence-electron chi connectivity index (χ4n) is 5.47. The third-order valence-corrected chi connectivity index (χ3v) is 8.47. The average molecular weight is 686 g/mol. The molecule has 0 radical (unpaired) electrons. The van der Waals surface area contributed by atoms with Crippen molar-refractivity contribution in [2.75, 3.05) is 38.1 Å². The summed E-state index contributed by atoms with van der Waals surface area (Å²) in [5, 5.41) is 5.92. The summed E-state index contributed by atoms with van der Waals surface area (Å²) in [5.41, 5.74) is 3.87. The highest BCUT2D eigenvalue weighted by atomic mass is 79.9. The van der Waals surface area contributed by atoms with Crippen LogP contribution in [0, 0.1) is 0 Å². The minimum absolute atomic E-state index is 0.0820. The van der Waals surface area contributed by atoms with Crippen molar-refractivity contribution < 1.29 is 14.3 Å². The van der Waals surface area contributed by atoms with Crippen LogP contribution in [0.1, 0.15) is 57.7 Å². The number of hydrogen-bond donors (Lipinski definition) is 2. The number of benzene rings is 4. The Labute approximate surface area is 278 Å². The molecule has 0 unspecified atom stereocenters. The predicted molar refractivity (Wildman–Crippen MR) is 187 cm³/mol. The number of anilines is 1. The number of amides is 2. The molecule has 232 valence electrons. The zero-order valence-corrected chi connectivity index (χ0v) is 27.6. The van der Waals surface area contributed by atoms with E-state index in [0.29, 0.717) is 42.3 Å². The van der Waals surface area contributed by atoms with Gasteiger partial charge in [0, 0.05) is 30.7 Å². The van der Waals surface area contributed by atoms with Crippen molar-refractivity contribution in [2.45, 2.75) is 25.8 Å². The molecule has 0 aliphatic carbocycles. The first-order valence-electron chi connectivity index (χ1n) is 15.2. The van der Waals surface area contributed by atoms with Crippen molar-refractivity contribution in [3.63, 3.8) is 0 Å². The summed E-state index contributed by atoms with van der Waals surface area (Å²) in [5.74, 6) is 0.0106. The van der Waals surface area contributed by atoms with Gasteiger partial charge >= 0.3 is 0 Å². The molecule has 5 rings (SSSR count). The number of piperazine rings is 1. The second-order valence-corrected chi connectivity index (χ2v) is 12.2. The van der Waals surface area contributed by atoms with Gasteiger partial charge in [0.05, 0.1) is 29.5 Å². The molecule has 45 heavy (non-hydrogen) atoms. The second-order valence-electron chi connectivity index (χ2n) is 10.8. The molecule has 1 fully saturated rings. The van der Waals surface area contributed by atoms with E-state index in [1.807, 2.05) is 35.2 Å². The fourth-order valence-corrected chi connectivity index (χ4v) is 6.04. The standard InChI is InChI=1S/C36H37BrN4O3S/c1-2-3-24-44-32-19-18-28(37)25-30(32)34(42)39-36(45)38-31-17-11-10-16-29(31)35(43)41-22-20-40(21-23-41)33(26-12-6-4-7-13-26)27-14-8-5-9-15-27/h4-19,25,33H,2-3,20-24H2,1H3,(H2,38,39,42,45). The number of hydrogen-bond acceptors (Lipinski definition) is 5. The Morgan fingerprint density at radius 1 is 0.844 bits per heavy atom. The SMILES string of the molecule is CCCCOc1ccc(Br)cc1C(=O)NC(=S)Nc1ccccc1C(=O)N1CCN(C(c2ccccc2)c2ccccc2)CC1. The van der Waals surface area contributed by atoms with Crippen LogP contribution in [0.3, 0.4) is 0 Å². The van der Waals surface area contributed by atoms with E-state index in [1.165, 1.54) is 11.1 Å². The van der Waals surface area contributed by atoms with Crippen LogP contribution in [0.25, 0.3) is 0 Å². The van der Waals surface area contributed by atoms with Gasteiger partial charge in [-0.2, -0.15) is 0 Å². The predicted octanol–water partition coefficient (Wildman–Crippen LogP) is 7.30. The number of unbranched alkanes of at least 4 members (excludes halogenated alkanes) is 1. The van der Waals surface area contributed by atoms with Gasteiger partial charge in [-0.1, -0.05) is 102 Å². The summed E-state index contributed by atoms with van der Waals surface area (Å²) in [4.78, 5) is 31.3. The molecular weight excluding hydrogens is 648 g/mol. The summed E-state index contributed by atoms with van der Waals surface area (Å²) in [6.45, 7) is 5.25. The maximum Gasteiger partial charge on any atom is 0.261 e. The van der Waals surface area contributed by atoms with Crippen molar-refractivity contribution in [3.05, 3.63) is 130 Å². The zero-order valence-electron chi connectivity index (χ0n) is 25.2. The van der Waals surface area contributed by atoms with Crippen molar-refractivity contribution >= 4 is 50.8 Å². The molecule has 4 aromatic rings. The lowest BCUT2D eigenvalue weighted by Crippen LogP contribution is -2.50. The van der Waals surface area contributed by atoms with Crippen molar-refractivity contribution in [1.29, 1.82) is 0 Å². The second kappa shape index (κ2) is 15.8. The molecule has 0 bridgehead atoms. The highest BCUT2D eigenvalue weighted by Crippen LogP contribution is 2.30. The number of nitrogens with zero attached hydrogens (tertiary/aromatic N) is 2. The van der Waals surface area contributed by atoms with E-state index in [0.717, 1.165) is 30.4 Å². The Kier molecular flexibility index (Phi) is 11.4. The van der Waals surface area contributed by atoms with Gasteiger partial charge in [0.2, 0.25) is 0 Å². The van der Waals surface area contributed by atoms with Crippen LogP contribution < -0.4 is 15.4 Å². The molecule has 1 aliphatic rings. The smallest absolute Gasteiger partial charge is 0.261 e. The zero-order chi connectivity index (χ0) is 31.6. The number of ether oxygens (including phenoxy) is 1. The molecule has 0 saturated carbocycles. The number of halogens is 1. The van der Waals surface area contributed by atoms with Crippen molar-refractivity contribution in [1.82, 2.24) is 15.1 Å². The van der Waals surface area contributed by atoms with E-state index in [1.54, 1.807) is 24.3 Å². The summed E-state index contributed by atoms with van der Waals surface area (Å²) < 4.78 is 6.60. The van der Waals surface area contributed by atoms with E-state index in [-0.39, 0.29) is 17.1 Å². The van der Waals surface area contributed by atoms with Crippen molar-refractivity contribution in [3.8, 4) is 5.75 Å². The minimum atomic E-state index is -0.397. The van der Waals surface area contributed by atoms with E-state index in [4.69, 9.17) is 17.0 Å². The first-order valence-corrected chi connectivity index (χ1v) is 16.4. The lowest BCUT2D eigenvalue weighted by Gasteiger charge is -2.40. The van der Waals surface area contributed by atoms with Crippen molar-refractivity contribution in [2.24, 2.45) is 0 Å². The molecule has 0 spiro atoms. The van der Waals surface area contributed by atoms with Crippen LogP contribution >= 0.6 is 28.1 Å². The first-order chi connectivity index (χ1) is 21.9. The minimum Gasteiger partial charge on any atom is -0.493 e. The fraction of sp³-hybridized carbons (Fsp3) is 0.250. The summed E-state index contributed by atoms with van der Waals surface area (Å²) in [6.07, 6.45) is 1.87. The highest BCUT2D eigenvalue weighted by Gasteiger charge is 2.29. The van der Waals surface area contributed by atoms with Gasteiger partial charge in [0.15, 0.2) is 5.11 Å². The Bertz CT molecular complexity index is 1570. The first kappa shape index (κ1) is 32.3. The third-order valence-electron chi connectivity index (χ3n) is 7.77. The maximum absolute atomic E-state index is 13.8. The molecule has 1 saturated heterocycles. The number of carbonyl (C=O) groups excluding carboxylic acids is 2. The monoisotopic (exact) mass is 684 g/mol. The Morgan fingerprint density at radius 2 is 1.47 bits per heavy atom. The Hall–Kier alpha value is -4.05. The number of rotatable bonds is 10. The Balaban J connectivity index is 1.24. The lowest BCUT2D eigenvalue weighted by atomic mass is 9.96. The highest BCUT2D eigenvalue weighted by molar-refractivity contribution is 9.10. The van der Waals surface area contributed by atoms with Gasteiger partial charge in [0.25, 0.3) is 11.8 Å². The molecule has 7 nitrogen and oxygen atoms in total. The van der Waals surface area contributed by atoms with Crippen LogP contribution in [-0.2, 0) is 0 Å². The van der Waals surface area contributed by atoms with Crippen LogP contribution in [-0.4, -0.2) is 59.5 Å². The van der Waals surface area contributed by atoms with Gasteiger partial charge < -0.3 is 15.0 Å². The van der Waals surface area contributed by atoms with Gasteiger partial charge in [0.1, 0.15) is 5.75 Å². The molecule has 2 amide bonds. The molecule has 4 aromatic carbocycles. The number of para-hydroxylation sites is 1. The van der Waals surface area contributed by atoms with Gasteiger partial charge in [-0.05, 0) is 60.1 Å². The number of carbonyl (C=O) groups is 2. The molecule has 0 atom stereocenters. The number of nitrogens with one attached hydrogen (secondary N) is 2. The average Bonchev–Trinajstić information content (AvgIpc) is 3.07. The third kappa shape index (κ3) is 8.36. The normalized spacial score (nSPS) is 13.4. The van der Waals surface area contributed by atoms with Crippen LogP contribution in [0.2, 0.25) is 0 Å². The molecule has 1 aliphatic heterocycles. The Morgan fingerprint density at radius 3 is 2.11 bits per heavy atom. The van der Waals surface area contributed by atoms with E-state index in [9.17, 15) is 9.59 Å². The summed E-state index contributed by atoms with van der Waals surface area (Å²) in [7, 11) is 0. The van der Waals surface area contributed by atoms with Gasteiger partial charge in [-0.25, -0.2) is 0 Å². The molecule has 2 N–H and O–H groups in total. The summed E-state index contributed by atoms with van der Waals surface area (Å²) in [6, 6.07) is 33.7. The van der Waals surface area contributed by atoms with Crippen LogP contribution in [0.15, 0.2) is 108 Å². The summed E-state index contributed by atoms with van der Waals surface area (Å²) >= 11 is 8.94. The van der Waals surface area contributed by atoms with Crippen LogP contribution in [0.5, 0.6) is 5.75 Å². The van der Waals surface area contributed by atoms with Gasteiger partial charge in [-0.3, -0.25) is 19.8 Å². The van der Waals surface area contributed by atoms with Gasteiger partial charge in [-0.15, -0.1) is 0 Å². The molecular formula is C36H37BrN4O3S. The largest absolute Gasteiger partial charge is 0.493 e. The van der Waals surface area contributed by atoms with Crippen LogP contribution in [0.4, 0.5) is 5.69 Å². The van der Waals surface area contributed by atoms with E-state index < -0.39 is 5.91 Å². The van der Waals surface area contributed by atoms with E-state index in [2.05, 4.69) is 86.9 Å².